The summed E-state index contributed by atoms with van der Waals surface area (Å²) < 4.78 is 0. The Kier molecular flexibility index (Phi) is 10.5. The van der Waals surface area contributed by atoms with Crippen molar-refractivity contribution in [1.82, 2.24) is 0 Å². The summed E-state index contributed by atoms with van der Waals surface area (Å²) in [6, 6.07) is 0. The molecule has 3 heteroatoms. The monoisotopic (exact) mass is 324 g/mol. The van der Waals surface area contributed by atoms with Gasteiger partial charge in [0.05, 0.1) is 18.3 Å². The molecule has 1 fully saturated rings. The lowest BCUT2D eigenvalue weighted by molar-refractivity contribution is 0.120. The van der Waals surface area contributed by atoms with Gasteiger partial charge in [0.1, 0.15) is 0 Å². The van der Waals surface area contributed by atoms with E-state index in [4.69, 9.17) is 0 Å². The van der Waals surface area contributed by atoms with Crippen LogP contribution in [0.4, 0.5) is 0 Å². The Morgan fingerprint density at radius 3 is 2.43 bits per heavy atom. The molecule has 3 N–H and O–H groups in total. The van der Waals surface area contributed by atoms with E-state index in [9.17, 15) is 15.3 Å². The van der Waals surface area contributed by atoms with E-state index in [1.807, 2.05) is 12.2 Å². The fourth-order valence-corrected chi connectivity index (χ4v) is 3.36. The first-order valence-corrected chi connectivity index (χ1v) is 9.47. The van der Waals surface area contributed by atoms with E-state index in [1.54, 1.807) is 0 Å². The fraction of sp³-hybridized carbons (Fsp3) is 0.800. The molecule has 0 aromatic carbocycles. The van der Waals surface area contributed by atoms with Gasteiger partial charge in [0.2, 0.25) is 0 Å². The third-order valence-electron chi connectivity index (χ3n) is 4.87. The lowest BCUT2D eigenvalue weighted by Gasteiger charge is -2.19. The number of unbranched alkanes of at least 4 members (excludes halogenated alkanes) is 4. The van der Waals surface area contributed by atoms with Crippen LogP contribution in [0.1, 0.15) is 71.6 Å². The molecule has 1 aliphatic rings. The van der Waals surface area contributed by atoms with Crippen LogP contribution in [-0.4, -0.2) is 33.6 Å². The van der Waals surface area contributed by atoms with Crippen molar-refractivity contribution in [3.63, 3.8) is 0 Å². The molecule has 0 saturated heterocycles. The second-order valence-electron chi connectivity index (χ2n) is 6.91. The maximum Gasteiger partial charge on any atom is 0.0721 e. The highest BCUT2D eigenvalue weighted by molar-refractivity contribution is 5.06. The van der Waals surface area contributed by atoms with Gasteiger partial charge in [-0.25, -0.2) is 0 Å². The summed E-state index contributed by atoms with van der Waals surface area (Å²) in [5, 5.41) is 30.4. The van der Waals surface area contributed by atoms with Gasteiger partial charge in [-0.1, -0.05) is 70.3 Å². The Hall–Kier alpha value is -0.640. The first-order chi connectivity index (χ1) is 11.1. The van der Waals surface area contributed by atoms with E-state index in [1.165, 1.54) is 12.8 Å². The van der Waals surface area contributed by atoms with Crippen LogP contribution in [0.2, 0.25) is 0 Å². The molecule has 5 atom stereocenters. The minimum Gasteiger partial charge on any atom is -0.393 e. The minimum absolute atomic E-state index is 0.0540. The van der Waals surface area contributed by atoms with Crippen molar-refractivity contribution in [2.45, 2.75) is 89.9 Å². The standard InChI is InChI=1S/C20H36O3/c1-3-5-7-8-10-12-17-18(20(23)15-19(17)22)14-13-16(21)11-9-6-4-2/h8,10,13-14,16-23H,3-7,9,11-12,15H2,1-2H3/b10-8-,14-13+/t16?,17-,18+,19?,20?/m0/s1. The van der Waals surface area contributed by atoms with Crippen LogP contribution >= 0.6 is 0 Å². The molecule has 134 valence electrons. The normalized spacial score (nSPS) is 29.8. The smallest absolute Gasteiger partial charge is 0.0721 e. The van der Waals surface area contributed by atoms with Crippen molar-refractivity contribution >= 4 is 0 Å². The molecular weight excluding hydrogens is 288 g/mol. The van der Waals surface area contributed by atoms with E-state index in [0.29, 0.717) is 6.42 Å². The van der Waals surface area contributed by atoms with Crippen molar-refractivity contribution in [1.29, 1.82) is 0 Å². The second-order valence-corrected chi connectivity index (χ2v) is 6.91. The van der Waals surface area contributed by atoms with Crippen LogP contribution in [0.25, 0.3) is 0 Å². The SMILES string of the molecule is CCCC/C=C\C[C@@H]1C(O)CC(O)[C@@H]1/C=C/C(O)CCCCC. The van der Waals surface area contributed by atoms with Gasteiger partial charge in [-0.05, 0) is 25.2 Å². The van der Waals surface area contributed by atoms with E-state index in [2.05, 4.69) is 26.0 Å². The average molecular weight is 325 g/mol. The zero-order valence-electron chi connectivity index (χ0n) is 14.9. The predicted octanol–water partition coefficient (Wildman–Crippen LogP) is 3.98. The Morgan fingerprint density at radius 2 is 1.74 bits per heavy atom. The summed E-state index contributed by atoms with van der Waals surface area (Å²) >= 11 is 0. The van der Waals surface area contributed by atoms with Crippen molar-refractivity contribution in [3.8, 4) is 0 Å². The Labute approximate surface area is 142 Å². The molecule has 1 saturated carbocycles. The van der Waals surface area contributed by atoms with Crippen molar-refractivity contribution < 1.29 is 15.3 Å². The summed E-state index contributed by atoms with van der Waals surface area (Å²) in [6.45, 7) is 4.33. The fourth-order valence-electron chi connectivity index (χ4n) is 3.36. The topological polar surface area (TPSA) is 60.7 Å². The summed E-state index contributed by atoms with van der Waals surface area (Å²) in [4.78, 5) is 0. The predicted molar refractivity (Wildman–Crippen MR) is 96.2 cm³/mol. The highest BCUT2D eigenvalue weighted by Gasteiger charge is 2.39. The molecule has 3 unspecified atom stereocenters. The van der Waals surface area contributed by atoms with Crippen molar-refractivity contribution in [2.24, 2.45) is 11.8 Å². The molecule has 0 spiro atoms. The van der Waals surface area contributed by atoms with Gasteiger partial charge in [-0.3, -0.25) is 0 Å². The maximum absolute atomic E-state index is 10.2. The number of rotatable bonds is 11. The highest BCUT2D eigenvalue weighted by Crippen LogP contribution is 2.36. The highest BCUT2D eigenvalue weighted by atomic mass is 16.3. The van der Waals surface area contributed by atoms with Crippen LogP contribution in [0, 0.1) is 11.8 Å². The minimum atomic E-state index is -0.502. The molecular formula is C20H36O3. The van der Waals surface area contributed by atoms with Gasteiger partial charge in [0, 0.05) is 12.3 Å². The molecule has 0 aromatic heterocycles. The quantitative estimate of drug-likeness (QED) is 0.398. The molecule has 0 amide bonds. The van der Waals surface area contributed by atoms with Gasteiger partial charge in [0.25, 0.3) is 0 Å². The summed E-state index contributed by atoms with van der Waals surface area (Å²) in [5.74, 6) is 0.00335. The van der Waals surface area contributed by atoms with Crippen LogP contribution < -0.4 is 0 Å². The summed E-state index contributed by atoms with van der Waals surface area (Å²) in [6.07, 6.45) is 15.5. The van der Waals surface area contributed by atoms with Crippen molar-refractivity contribution in [3.05, 3.63) is 24.3 Å². The van der Waals surface area contributed by atoms with E-state index >= 15 is 0 Å². The summed E-state index contributed by atoms with van der Waals surface area (Å²) in [7, 11) is 0. The third-order valence-corrected chi connectivity index (χ3v) is 4.87. The molecule has 0 bridgehead atoms. The number of hydrogen-bond acceptors (Lipinski definition) is 3. The van der Waals surface area contributed by atoms with Crippen LogP contribution in [0.5, 0.6) is 0 Å². The number of hydrogen-bond donors (Lipinski definition) is 3. The van der Waals surface area contributed by atoms with Crippen LogP contribution in [0.3, 0.4) is 0 Å². The van der Waals surface area contributed by atoms with Gasteiger partial charge in [-0.2, -0.15) is 0 Å². The number of aliphatic hydroxyl groups excluding tert-OH is 3. The lowest BCUT2D eigenvalue weighted by Crippen LogP contribution is -2.20. The van der Waals surface area contributed by atoms with Crippen LogP contribution in [-0.2, 0) is 0 Å². The van der Waals surface area contributed by atoms with Crippen molar-refractivity contribution in [2.75, 3.05) is 0 Å². The first-order valence-electron chi connectivity index (χ1n) is 9.47. The van der Waals surface area contributed by atoms with Gasteiger partial charge < -0.3 is 15.3 Å². The zero-order chi connectivity index (χ0) is 17.1. The molecule has 0 radical (unpaired) electrons. The molecule has 0 aliphatic heterocycles. The Morgan fingerprint density at radius 1 is 1.00 bits per heavy atom. The Balaban J connectivity index is 2.50. The molecule has 1 rings (SSSR count). The lowest BCUT2D eigenvalue weighted by atomic mass is 9.89. The Bertz CT molecular complexity index is 351. The largest absolute Gasteiger partial charge is 0.393 e. The van der Waals surface area contributed by atoms with E-state index in [-0.39, 0.29) is 11.8 Å². The molecule has 0 heterocycles. The van der Waals surface area contributed by atoms with Crippen LogP contribution in [0.15, 0.2) is 24.3 Å². The first kappa shape index (κ1) is 20.4. The average Bonchev–Trinajstić information content (AvgIpc) is 2.79. The summed E-state index contributed by atoms with van der Waals surface area (Å²) in [5.41, 5.74) is 0. The molecule has 1 aliphatic carbocycles. The number of allylic oxidation sites excluding steroid dienone is 2. The van der Waals surface area contributed by atoms with Gasteiger partial charge >= 0.3 is 0 Å². The van der Waals surface area contributed by atoms with E-state index in [0.717, 1.165) is 38.5 Å². The second kappa shape index (κ2) is 11.8. The molecule has 3 nitrogen and oxygen atoms in total. The zero-order valence-corrected chi connectivity index (χ0v) is 14.9. The van der Waals surface area contributed by atoms with Gasteiger partial charge in [0.15, 0.2) is 0 Å². The van der Waals surface area contributed by atoms with Gasteiger partial charge in [-0.15, -0.1) is 0 Å². The molecule has 0 aromatic rings. The van der Waals surface area contributed by atoms with E-state index < -0.39 is 18.3 Å². The third kappa shape index (κ3) is 7.65. The maximum atomic E-state index is 10.2. The molecule has 23 heavy (non-hydrogen) atoms. The number of aliphatic hydroxyl groups is 3.